The van der Waals surface area contributed by atoms with Gasteiger partial charge in [-0.3, -0.25) is 9.59 Å². The molecular weight excluding hydrogens is 456 g/mol. The first kappa shape index (κ1) is 21.6. The summed E-state index contributed by atoms with van der Waals surface area (Å²) in [5, 5.41) is 0.446. The average Bonchev–Trinajstić information content (AvgIpc) is 3.23. The Bertz CT molecular complexity index is 1270. The summed E-state index contributed by atoms with van der Waals surface area (Å²) in [5.41, 5.74) is 4.05. The molecule has 1 N–H and O–H groups in total. The highest BCUT2D eigenvalue weighted by atomic mass is 32.2. The van der Waals surface area contributed by atoms with Gasteiger partial charge in [-0.05, 0) is 47.8 Å². The van der Waals surface area contributed by atoms with Crippen molar-refractivity contribution in [2.75, 3.05) is 4.90 Å². The Labute approximate surface area is 201 Å². The number of imide groups is 1. The number of thiazole rings is 1. The van der Waals surface area contributed by atoms with Crippen LogP contribution in [0.5, 0.6) is 0 Å². The fourth-order valence-corrected chi connectivity index (χ4v) is 7.48. The lowest BCUT2D eigenvalue weighted by atomic mass is 9.81. The molecule has 5 rings (SSSR count). The van der Waals surface area contributed by atoms with Gasteiger partial charge in [0.05, 0.1) is 16.6 Å². The predicted octanol–water partition coefficient (Wildman–Crippen LogP) is 6.21. The van der Waals surface area contributed by atoms with Crippen LogP contribution >= 0.6 is 35.3 Å². The molecule has 2 aromatic carbocycles. The maximum atomic E-state index is 13.7. The van der Waals surface area contributed by atoms with Gasteiger partial charge in [-0.25, -0.2) is 4.90 Å². The third kappa shape index (κ3) is 3.47. The van der Waals surface area contributed by atoms with E-state index >= 15 is 0 Å². The molecule has 0 aliphatic carbocycles. The number of H-pyrrole nitrogens is 1. The Hall–Kier alpha value is -2.22. The van der Waals surface area contributed by atoms with E-state index in [1.54, 1.807) is 0 Å². The first-order valence-corrected chi connectivity index (χ1v) is 12.7. The zero-order chi connectivity index (χ0) is 22.8. The van der Waals surface area contributed by atoms with E-state index in [9.17, 15) is 9.59 Å². The van der Waals surface area contributed by atoms with Crippen molar-refractivity contribution in [1.29, 1.82) is 0 Å². The molecule has 3 unspecified atom stereocenters. The summed E-state index contributed by atoms with van der Waals surface area (Å²) in [6.07, 6.45) is 0. The lowest BCUT2D eigenvalue weighted by Gasteiger charge is -2.30. The number of aromatic amines is 1. The van der Waals surface area contributed by atoms with Gasteiger partial charge in [0.25, 0.3) is 0 Å². The molecule has 32 heavy (non-hydrogen) atoms. The van der Waals surface area contributed by atoms with Crippen LogP contribution in [0.25, 0.3) is 0 Å². The van der Waals surface area contributed by atoms with Gasteiger partial charge in [-0.15, -0.1) is 11.3 Å². The minimum atomic E-state index is -0.469. The van der Waals surface area contributed by atoms with Crippen LogP contribution in [-0.2, 0) is 15.0 Å². The Balaban J connectivity index is 1.61. The molecule has 2 aliphatic rings. The first-order chi connectivity index (χ1) is 15.1. The highest BCUT2D eigenvalue weighted by Crippen LogP contribution is 2.54. The molecule has 1 fully saturated rings. The molecule has 3 aromatic rings. The molecule has 3 heterocycles. The Morgan fingerprint density at radius 1 is 0.969 bits per heavy atom. The van der Waals surface area contributed by atoms with Crippen molar-refractivity contribution < 1.29 is 9.59 Å². The van der Waals surface area contributed by atoms with Crippen molar-refractivity contribution in [2.45, 2.75) is 49.3 Å². The summed E-state index contributed by atoms with van der Waals surface area (Å²) in [6, 6.07) is 16.1. The number of carbonyl (C=O) groups is 2. The summed E-state index contributed by atoms with van der Waals surface area (Å²) >= 11 is 8.38. The summed E-state index contributed by atoms with van der Waals surface area (Å²) in [5.74, 6) is -0.939. The molecule has 1 saturated heterocycles. The molecule has 0 radical (unpaired) electrons. The largest absolute Gasteiger partial charge is 0.332 e. The van der Waals surface area contributed by atoms with Crippen LogP contribution in [0.3, 0.4) is 0 Å². The standard InChI is InChI=1S/C25H24N2O2S3/c1-13-5-11-16(12-6-13)27-22(28)18-17(14-7-9-15(10-8-14)25(2,3)4)19-21(26-24(30)32-19)31-20(18)23(27)29/h5-12,17-18,20H,1-4H3,(H,26,30). The summed E-state index contributed by atoms with van der Waals surface area (Å²) in [6.45, 7) is 8.54. The maximum absolute atomic E-state index is 13.7. The number of hydrogen-bond donors (Lipinski definition) is 1. The average molecular weight is 481 g/mol. The fraction of sp³-hybridized carbons (Fsp3) is 0.320. The summed E-state index contributed by atoms with van der Waals surface area (Å²) < 4.78 is 0.675. The van der Waals surface area contributed by atoms with Crippen LogP contribution in [0.4, 0.5) is 5.69 Å². The Morgan fingerprint density at radius 3 is 2.25 bits per heavy atom. The minimum absolute atomic E-state index is 0.0422. The van der Waals surface area contributed by atoms with Crippen molar-refractivity contribution >= 4 is 52.8 Å². The topological polar surface area (TPSA) is 53.2 Å². The van der Waals surface area contributed by atoms with Crippen molar-refractivity contribution in [3.63, 3.8) is 0 Å². The van der Waals surface area contributed by atoms with E-state index in [0.29, 0.717) is 9.64 Å². The number of aryl methyl sites for hydroxylation is 1. The summed E-state index contributed by atoms with van der Waals surface area (Å²) in [4.78, 5) is 32.9. The highest BCUT2D eigenvalue weighted by molar-refractivity contribution is 8.01. The van der Waals surface area contributed by atoms with Crippen molar-refractivity contribution in [3.05, 3.63) is 74.1 Å². The molecule has 2 amide bonds. The molecule has 0 spiro atoms. The number of carbonyl (C=O) groups excluding carboxylic acids is 2. The number of nitrogens with zero attached hydrogens (tertiary/aromatic N) is 1. The molecule has 1 aromatic heterocycles. The third-order valence-corrected chi connectivity index (χ3v) is 9.01. The predicted molar refractivity (Wildman–Crippen MR) is 133 cm³/mol. The van der Waals surface area contributed by atoms with Gasteiger partial charge >= 0.3 is 0 Å². The smallest absolute Gasteiger partial charge is 0.248 e. The van der Waals surface area contributed by atoms with Crippen LogP contribution in [0, 0.1) is 16.8 Å². The molecule has 0 saturated carbocycles. The van der Waals surface area contributed by atoms with Crippen LogP contribution < -0.4 is 4.90 Å². The van der Waals surface area contributed by atoms with E-state index in [2.05, 4.69) is 50.0 Å². The Morgan fingerprint density at radius 2 is 1.62 bits per heavy atom. The van der Waals surface area contributed by atoms with Crippen molar-refractivity contribution in [3.8, 4) is 0 Å². The van der Waals surface area contributed by atoms with E-state index in [4.69, 9.17) is 12.2 Å². The molecule has 4 nitrogen and oxygen atoms in total. The van der Waals surface area contributed by atoms with E-state index < -0.39 is 11.2 Å². The van der Waals surface area contributed by atoms with E-state index in [0.717, 1.165) is 21.0 Å². The van der Waals surface area contributed by atoms with Gasteiger partial charge < -0.3 is 4.98 Å². The van der Waals surface area contributed by atoms with Gasteiger partial charge in [-0.2, -0.15) is 0 Å². The van der Waals surface area contributed by atoms with Gasteiger partial charge in [0, 0.05) is 10.8 Å². The minimum Gasteiger partial charge on any atom is -0.332 e. The SMILES string of the molecule is Cc1ccc(N2C(=O)C3Sc4[nH]c(=S)sc4C(c4ccc(C(C)(C)C)cc4)C3C2=O)cc1. The fourth-order valence-electron chi connectivity index (χ4n) is 4.51. The van der Waals surface area contributed by atoms with Crippen LogP contribution in [-0.4, -0.2) is 22.0 Å². The number of nitrogens with one attached hydrogen (secondary N) is 1. The third-order valence-electron chi connectivity index (χ3n) is 6.25. The second-order valence-electron chi connectivity index (χ2n) is 9.47. The summed E-state index contributed by atoms with van der Waals surface area (Å²) in [7, 11) is 0. The maximum Gasteiger partial charge on any atom is 0.248 e. The van der Waals surface area contributed by atoms with Gasteiger partial charge in [0.1, 0.15) is 5.25 Å². The van der Waals surface area contributed by atoms with Crippen molar-refractivity contribution in [2.24, 2.45) is 5.92 Å². The number of thioether (sulfide) groups is 1. The second kappa shape index (κ2) is 7.68. The lowest BCUT2D eigenvalue weighted by Crippen LogP contribution is -2.32. The van der Waals surface area contributed by atoms with Crippen LogP contribution in [0.15, 0.2) is 53.6 Å². The zero-order valence-corrected chi connectivity index (χ0v) is 20.8. The number of amides is 2. The van der Waals surface area contributed by atoms with Gasteiger partial charge in [0.2, 0.25) is 11.8 Å². The number of anilines is 1. The molecule has 3 atom stereocenters. The number of fused-ring (bicyclic) bond motifs is 2. The molecular formula is C25H24N2O2S3. The Kier molecular flexibility index (Phi) is 5.19. The highest BCUT2D eigenvalue weighted by Gasteiger charge is 2.56. The normalized spacial score (nSPS) is 22.8. The zero-order valence-electron chi connectivity index (χ0n) is 18.3. The lowest BCUT2D eigenvalue weighted by molar-refractivity contribution is -0.122. The van der Waals surface area contributed by atoms with Crippen LogP contribution in [0.1, 0.15) is 48.3 Å². The number of rotatable bonds is 2. The molecule has 7 heteroatoms. The monoisotopic (exact) mass is 480 g/mol. The van der Waals surface area contributed by atoms with E-state index in [1.807, 2.05) is 31.2 Å². The quantitative estimate of drug-likeness (QED) is 0.350. The van der Waals surface area contributed by atoms with Gasteiger partial charge in [-0.1, -0.05) is 74.5 Å². The van der Waals surface area contributed by atoms with Crippen LogP contribution in [0.2, 0.25) is 0 Å². The number of hydrogen-bond acceptors (Lipinski definition) is 5. The van der Waals surface area contributed by atoms with E-state index in [1.165, 1.54) is 33.6 Å². The number of benzene rings is 2. The molecule has 164 valence electrons. The number of aromatic nitrogens is 1. The van der Waals surface area contributed by atoms with E-state index in [-0.39, 0.29) is 23.1 Å². The molecule has 0 bridgehead atoms. The van der Waals surface area contributed by atoms with Crippen molar-refractivity contribution in [1.82, 2.24) is 4.98 Å². The second-order valence-corrected chi connectivity index (χ2v) is 12.3. The molecule has 2 aliphatic heterocycles. The van der Waals surface area contributed by atoms with Gasteiger partial charge in [0.15, 0.2) is 3.95 Å². The first-order valence-electron chi connectivity index (χ1n) is 10.6.